The van der Waals surface area contributed by atoms with E-state index in [1.807, 2.05) is 30.3 Å². The van der Waals surface area contributed by atoms with Gasteiger partial charge in [0.05, 0.1) is 11.4 Å². The molecule has 0 unspecified atom stereocenters. The molecule has 2 aromatic carbocycles. The molecule has 17 heavy (non-hydrogen) atoms. The summed E-state index contributed by atoms with van der Waals surface area (Å²) >= 11 is 5.84. The number of nitrogens with two attached hydrogens (primary N) is 1. The van der Waals surface area contributed by atoms with E-state index in [1.54, 1.807) is 6.07 Å². The average molecular weight is 247 g/mol. The summed E-state index contributed by atoms with van der Waals surface area (Å²) in [7, 11) is 0. The van der Waals surface area contributed by atoms with Crippen molar-refractivity contribution in [2.24, 2.45) is 0 Å². The van der Waals surface area contributed by atoms with E-state index in [4.69, 9.17) is 17.3 Å². The maximum Gasteiger partial charge on any atom is 0.0575 e. The van der Waals surface area contributed by atoms with Crippen molar-refractivity contribution in [2.75, 3.05) is 17.6 Å². The van der Waals surface area contributed by atoms with E-state index in [9.17, 15) is 0 Å². The largest absolute Gasteiger partial charge is 0.397 e. The first-order valence-electron chi connectivity index (χ1n) is 5.58. The van der Waals surface area contributed by atoms with Gasteiger partial charge >= 0.3 is 0 Å². The van der Waals surface area contributed by atoms with Crippen molar-refractivity contribution in [3.63, 3.8) is 0 Å². The minimum absolute atomic E-state index is 0.663. The molecule has 0 aliphatic heterocycles. The van der Waals surface area contributed by atoms with E-state index in [0.717, 1.165) is 18.7 Å². The summed E-state index contributed by atoms with van der Waals surface area (Å²) in [5.41, 5.74) is 8.79. The van der Waals surface area contributed by atoms with Gasteiger partial charge in [0.25, 0.3) is 0 Å². The Labute approximate surface area is 106 Å². The van der Waals surface area contributed by atoms with Crippen molar-refractivity contribution in [2.45, 2.75) is 6.42 Å². The zero-order valence-corrected chi connectivity index (χ0v) is 10.2. The molecule has 3 N–H and O–H groups in total. The molecule has 2 aromatic rings. The first-order chi connectivity index (χ1) is 8.25. The lowest BCUT2D eigenvalue weighted by Crippen LogP contribution is -2.06. The summed E-state index contributed by atoms with van der Waals surface area (Å²) in [4.78, 5) is 0. The molecule has 0 fully saturated rings. The van der Waals surface area contributed by atoms with Crippen molar-refractivity contribution in [1.29, 1.82) is 0 Å². The molecule has 0 aromatic heterocycles. The molecule has 0 radical (unpaired) electrons. The highest BCUT2D eigenvalue weighted by atomic mass is 35.5. The zero-order valence-electron chi connectivity index (χ0n) is 9.49. The molecule has 3 heteroatoms. The van der Waals surface area contributed by atoms with E-state index < -0.39 is 0 Å². The number of benzene rings is 2. The number of halogens is 1. The summed E-state index contributed by atoms with van der Waals surface area (Å²) in [6.07, 6.45) is 0.975. The van der Waals surface area contributed by atoms with Crippen LogP contribution in [0.2, 0.25) is 5.02 Å². The Kier molecular flexibility index (Phi) is 3.89. The van der Waals surface area contributed by atoms with E-state index in [-0.39, 0.29) is 0 Å². The predicted molar refractivity (Wildman–Crippen MR) is 74.5 cm³/mol. The normalized spacial score (nSPS) is 10.2. The van der Waals surface area contributed by atoms with Gasteiger partial charge in [-0.3, -0.25) is 0 Å². The molecular weight excluding hydrogens is 232 g/mol. The van der Waals surface area contributed by atoms with Gasteiger partial charge < -0.3 is 11.1 Å². The maximum absolute atomic E-state index is 5.85. The maximum atomic E-state index is 5.85. The van der Waals surface area contributed by atoms with Gasteiger partial charge in [0, 0.05) is 11.6 Å². The van der Waals surface area contributed by atoms with Gasteiger partial charge in [0.2, 0.25) is 0 Å². The van der Waals surface area contributed by atoms with Crippen LogP contribution in [-0.4, -0.2) is 6.54 Å². The highest BCUT2D eigenvalue weighted by Crippen LogP contribution is 2.22. The second kappa shape index (κ2) is 5.60. The van der Waals surface area contributed by atoms with Gasteiger partial charge in [0.1, 0.15) is 0 Å². The molecular formula is C14H15ClN2. The molecule has 0 atom stereocenters. The SMILES string of the molecule is Nc1cc(Cl)ccc1NCCc1ccccc1. The Morgan fingerprint density at radius 3 is 2.53 bits per heavy atom. The van der Waals surface area contributed by atoms with Gasteiger partial charge in [0.15, 0.2) is 0 Å². The van der Waals surface area contributed by atoms with Crippen LogP contribution >= 0.6 is 11.6 Å². The molecule has 2 nitrogen and oxygen atoms in total. The third kappa shape index (κ3) is 3.40. The zero-order chi connectivity index (χ0) is 12.1. The van der Waals surface area contributed by atoms with Crippen LogP contribution in [0.1, 0.15) is 5.56 Å². The Bertz CT molecular complexity index is 483. The first-order valence-corrected chi connectivity index (χ1v) is 5.96. The topological polar surface area (TPSA) is 38.0 Å². The fraction of sp³-hybridized carbons (Fsp3) is 0.143. The summed E-state index contributed by atoms with van der Waals surface area (Å²) in [5.74, 6) is 0. The van der Waals surface area contributed by atoms with Crippen LogP contribution in [0, 0.1) is 0 Å². The van der Waals surface area contributed by atoms with E-state index >= 15 is 0 Å². The van der Waals surface area contributed by atoms with Crippen LogP contribution in [0.4, 0.5) is 11.4 Å². The summed E-state index contributed by atoms with van der Waals surface area (Å²) in [6.45, 7) is 0.857. The van der Waals surface area contributed by atoms with Gasteiger partial charge in [-0.1, -0.05) is 41.9 Å². The van der Waals surface area contributed by atoms with Gasteiger partial charge in [-0.15, -0.1) is 0 Å². The van der Waals surface area contributed by atoms with Crippen LogP contribution < -0.4 is 11.1 Å². The standard InChI is InChI=1S/C14H15ClN2/c15-12-6-7-14(13(16)10-12)17-9-8-11-4-2-1-3-5-11/h1-7,10,17H,8-9,16H2. The van der Waals surface area contributed by atoms with Crippen molar-refractivity contribution in [1.82, 2.24) is 0 Å². The summed E-state index contributed by atoms with van der Waals surface area (Å²) in [5, 5.41) is 3.97. The monoisotopic (exact) mass is 246 g/mol. The van der Waals surface area contributed by atoms with Crippen LogP contribution in [0.5, 0.6) is 0 Å². The van der Waals surface area contributed by atoms with Gasteiger partial charge in [-0.05, 0) is 30.2 Å². The lowest BCUT2D eigenvalue weighted by Gasteiger charge is -2.09. The van der Waals surface area contributed by atoms with Crippen LogP contribution in [0.3, 0.4) is 0 Å². The lowest BCUT2D eigenvalue weighted by molar-refractivity contribution is 1.02. The molecule has 0 amide bonds. The number of rotatable bonds is 4. The third-order valence-electron chi connectivity index (χ3n) is 2.59. The number of hydrogen-bond donors (Lipinski definition) is 2. The quantitative estimate of drug-likeness (QED) is 0.810. The summed E-state index contributed by atoms with van der Waals surface area (Å²) < 4.78 is 0. The van der Waals surface area contributed by atoms with Crippen molar-refractivity contribution >= 4 is 23.0 Å². The van der Waals surface area contributed by atoms with Crippen LogP contribution in [0.15, 0.2) is 48.5 Å². The van der Waals surface area contributed by atoms with Crippen LogP contribution in [0.25, 0.3) is 0 Å². The molecule has 2 rings (SSSR count). The minimum Gasteiger partial charge on any atom is -0.397 e. The molecule has 0 bridgehead atoms. The van der Waals surface area contributed by atoms with Crippen molar-refractivity contribution < 1.29 is 0 Å². The fourth-order valence-corrected chi connectivity index (χ4v) is 1.86. The highest BCUT2D eigenvalue weighted by molar-refractivity contribution is 6.31. The lowest BCUT2D eigenvalue weighted by atomic mass is 10.1. The molecule has 0 saturated carbocycles. The van der Waals surface area contributed by atoms with Gasteiger partial charge in [-0.25, -0.2) is 0 Å². The smallest absolute Gasteiger partial charge is 0.0575 e. The van der Waals surface area contributed by atoms with Crippen molar-refractivity contribution in [3.8, 4) is 0 Å². The number of hydrogen-bond acceptors (Lipinski definition) is 2. The van der Waals surface area contributed by atoms with Crippen LogP contribution in [-0.2, 0) is 6.42 Å². The van der Waals surface area contributed by atoms with E-state index in [2.05, 4.69) is 17.4 Å². The number of anilines is 2. The highest BCUT2D eigenvalue weighted by Gasteiger charge is 1.99. The Morgan fingerprint density at radius 1 is 1.06 bits per heavy atom. The Balaban J connectivity index is 1.90. The average Bonchev–Trinajstić information content (AvgIpc) is 2.33. The molecule has 0 spiro atoms. The molecule has 0 heterocycles. The molecule has 88 valence electrons. The second-order valence-electron chi connectivity index (χ2n) is 3.89. The third-order valence-corrected chi connectivity index (χ3v) is 2.82. The summed E-state index contributed by atoms with van der Waals surface area (Å²) in [6, 6.07) is 15.9. The molecule has 0 saturated heterocycles. The van der Waals surface area contributed by atoms with E-state index in [0.29, 0.717) is 10.7 Å². The fourth-order valence-electron chi connectivity index (χ4n) is 1.68. The number of nitrogen functional groups attached to an aromatic ring is 1. The molecule has 0 aliphatic rings. The molecule has 0 aliphatic carbocycles. The first kappa shape index (κ1) is 11.8. The van der Waals surface area contributed by atoms with Crippen molar-refractivity contribution in [3.05, 3.63) is 59.1 Å². The van der Waals surface area contributed by atoms with Gasteiger partial charge in [-0.2, -0.15) is 0 Å². The Morgan fingerprint density at radius 2 is 1.82 bits per heavy atom. The minimum atomic E-state index is 0.663. The predicted octanol–water partition coefficient (Wildman–Crippen LogP) is 3.58. The number of nitrogens with one attached hydrogen (secondary N) is 1. The Hall–Kier alpha value is -1.67. The second-order valence-corrected chi connectivity index (χ2v) is 4.33. The van der Waals surface area contributed by atoms with E-state index in [1.165, 1.54) is 5.56 Å².